The SMILES string of the molecule is CCC(CC)(C(CCCS(C)(=O)=O)NC)N1CCCC1. The molecule has 1 fully saturated rings. The first kappa shape index (κ1) is 17.9. The highest BCUT2D eigenvalue weighted by atomic mass is 32.2. The fourth-order valence-electron chi connectivity index (χ4n) is 3.80. The Kier molecular flexibility index (Phi) is 6.95. The second-order valence-corrected chi connectivity index (χ2v) is 8.38. The van der Waals surface area contributed by atoms with E-state index in [1.165, 1.54) is 32.2 Å². The van der Waals surface area contributed by atoms with Crippen LogP contribution < -0.4 is 5.32 Å². The summed E-state index contributed by atoms with van der Waals surface area (Å²) in [6, 6.07) is 0.373. The molecule has 0 bridgehead atoms. The van der Waals surface area contributed by atoms with Crippen LogP contribution in [0.25, 0.3) is 0 Å². The van der Waals surface area contributed by atoms with Crippen molar-refractivity contribution in [3.05, 3.63) is 0 Å². The molecule has 1 atom stereocenters. The molecule has 1 unspecified atom stereocenters. The van der Waals surface area contributed by atoms with Gasteiger partial charge in [-0.2, -0.15) is 0 Å². The zero-order chi connectivity index (χ0) is 15.2. The van der Waals surface area contributed by atoms with Crippen molar-refractivity contribution < 1.29 is 8.42 Å². The number of rotatable bonds is 9. The van der Waals surface area contributed by atoms with E-state index in [1.807, 2.05) is 7.05 Å². The van der Waals surface area contributed by atoms with E-state index in [1.54, 1.807) is 0 Å². The number of hydrogen-bond acceptors (Lipinski definition) is 4. The molecule has 5 heteroatoms. The minimum Gasteiger partial charge on any atom is -0.315 e. The lowest BCUT2D eigenvalue weighted by atomic mass is 9.80. The molecule has 0 aromatic carbocycles. The Balaban J connectivity index is 2.75. The van der Waals surface area contributed by atoms with E-state index in [4.69, 9.17) is 0 Å². The molecule has 1 N–H and O–H groups in total. The van der Waals surface area contributed by atoms with Crippen LogP contribution >= 0.6 is 0 Å². The van der Waals surface area contributed by atoms with Gasteiger partial charge >= 0.3 is 0 Å². The second kappa shape index (κ2) is 7.76. The van der Waals surface area contributed by atoms with E-state index in [-0.39, 0.29) is 5.54 Å². The van der Waals surface area contributed by atoms with Crippen molar-refractivity contribution in [2.45, 2.75) is 64.0 Å². The molecule has 1 rings (SSSR count). The molecule has 4 nitrogen and oxygen atoms in total. The molecule has 1 saturated heterocycles. The zero-order valence-electron chi connectivity index (χ0n) is 13.6. The molecule has 1 heterocycles. The number of likely N-dealkylation sites (tertiary alicyclic amines) is 1. The lowest BCUT2D eigenvalue weighted by Crippen LogP contribution is -2.59. The third-order valence-electron chi connectivity index (χ3n) is 4.97. The highest BCUT2D eigenvalue weighted by Gasteiger charge is 2.40. The van der Waals surface area contributed by atoms with Gasteiger partial charge in [-0.25, -0.2) is 8.42 Å². The van der Waals surface area contributed by atoms with Crippen molar-refractivity contribution >= 4 is 9.84 Å². The highest BCUT2D eigenvalue weighted by Crippen LogP contribution is 2.33. The van der Waals surface area contributed by atoms with E-state index >= 15 is 0 Å². The van der Waals surface area contributed by atoms with Gasteiger partial charge in [0.25, 0.3) is 0 Å². The van der Waals surface area contributed by atoms with Crippen LogP contribution in [0.3, 0.4) is 0 Å². The first-order valence-corrected chi connectivity index (χ1v) is 10.1. The second-order valence-electron chi connectivity index (χ2n) is 6.12. The van der Waals surface area contributed by atoms with Gasteiger partial charge in [0.1, 0.15) is 9.84 Å². The fourth-order valence-corrected chi connectivity index (χ4v) is 4.50. The molecule has 0 aliphatic carbocycles. The van der Waals surface area contributed by atoms with Crippen molar-refractivity contribution in [2.75, 3.05) is 32.1 Å². The predicted molar refractivity (Wildman–Crippen MR) is 85.9 cm³/mol. The number of sulfone groups is 1. The third-order valence-corrected chi connectivity index (χ3v) is 6.00. The van der Waals surface area contributed by atoms with E-state index in [2.05, 4.69) is 24.1 Å². The van der Waals surface area contributed by atoms with Crippen LogP contribution in [0.5, 0.6) is 0 Å². The van der Waals surface area contributed by atoms with Gasteiger partial charge in [-0.15, -0.1) is 0 Å². The van der Waals surface area contributed by atoms with Crippen LogP contribution in [-0.2, 0) is 9.84 Å². The van der Waals surface area contributed by atoms with Crippen LogP contribution in [-0.4, -0.2) is 57.0 Å². The zero-order valence-corrected chi connectivity index (χ0v) is 14.4. The molecule has 20 heavy (non-hydrogen) atoms. The average molecular weight is 305 g/mol. The molecule has 0 radical (unpaired) electrons. The van der Waals surface area contributed by atoms with Crippen molar-refractivity contribution in [1.82, 2.24) is 10.2 Å². The van der Waals surface area contributed by atoms with E-state index in [0.29, 0.717) is 11.8 Å². The lowest BCUT2D eigenvalue weighted by Gasteiger charge is -2.47. The van der Waals surface area contributed by atoms with E-state index in [9.17, 15) is 8.42 Å². The topological polar surface area (TPSA) is 49.4 Å². The Morgan fingerprint density at radius 1 is 1.20 bits per heavy atom. The molecule has 120 valence electrons. The van der Waals surface area contributed by atoms with Gasteiger partial charge in [0.15, 0.2) is 0 Å². The highest BCUT2D eigenvalue weighted by molar-refractivity contribution is 7.90. The maximum absolute atomic E-state index is 11.3. The van der Waals surface area contributed by atoms with Gasteiger partial charge in [-0.05, 0) is 58.7 Å². The largest absolute Gasteiger partial charge is 0.315 e. The first-order chi connectivity index (χ1) is 9.39. The van der Waals surface area contributed by atoms with Crippen LogP contribution in [0.4, 0.5) is 0 Å². The van der Waals surface area contributed by atoms with E-state index in [0.717, 1.165) is 25.7 Å². The summed E-state index contributed by atoms with van der Waals surface area (Å²) in [4.78, 5) is 2.63. The summed E-state index contributed by atoms with van der Waals surface area (Å²) in [5.74, 6) is 0.300. The molecule has 0 saturated carbocycles. The number of nitrogens with zero attached hydrogens (tertiary/aromatic N) is 1. The smallest absolute Gasteiger partial charge is 0.147 e. The molecule has 0 aromatic rings. The maximum atomic E-state index is 11.3. The minimum absolute atomic E-state index is 0.183. The normalized spacial score (nSPS) is 19.4. The summed E-state index contributed by atoms with van der Waals surface area (Å²) in [5.41, 5.74) is 0.183. The van der Waals surface area contributed by atoms with Crippen LogP contribution in [0.2, 0.25) is 0 Å². The van der Waals surface area contributed by atoms with Crippen LogP contribution in [0.1, 0.15) is 52.4 Å². The third kappa shape index (κ3) is 4.43. The van der Waals surface area contributed by atoms with Gasteiger partial charge in [-0.3, -0.25) is 4.90 Å². The molecule has 0 spiro atoms. The molecular formula is C15H32N2O2S. The molecule has 0 amide bonds. The Morgan fingerprint density at radius 3 is 2.15 bits per heavy atom. The molecule has 0 aromatic heterocycles. The van der Waals surface area contributed by atoms with E-state index < -0.39 is 9.84 Å². The summed E-state index contributed by atoms with van der Waals surface area (Å²) in [7, 11) is -0.832. The average Bonchev–Trinajstić information content (AvgIpc) is 2.91. The monoisotopic (exact) mass is 304 g/mol. The number of nitrogens with one attached hydrogen (secondary N) is 1. The summed E-state index contributed by atoms with van der Waals surface area (Å²) >= 11 is 0. The van der Waals surface area contributed by atoms with Crippen LogP contribution in [0, 0.1) is 0 Å². The minimum atomic E-state index is -2.85. The standard InChI is InChI=1S/C15H32N2O2S/c1-5-15(6-2,17-11-7-8-12-17)14(16-3)10-9-13-20(4,18)19/h14,16H,5-13H2,1-4H3. The molecular weight excluding hydrogens is 272 g/mol. The Morgan fingerprint density at radius 2 is 1.75 bits per heavy atom. The number of hydrogen-bond donors (Lipinski definition) is 1. The van der Waals surface area contributed by atoms with Crippen molar-refractivity contribution in [1.29, 1.82) is 0 Å². The Bertz CT molecular complexity index is 371. The van der Waals surface area contributed by atoms with Gasteiger partial charge in [0.05, 0.1) is 0 Å². The summed E-state index contributed by atoms with van der Waals surface area (Å²) in [6.45, 7) is 6.91. The maximum Gasteiger partial charge on any atom is 0.147 e. The summed E-state index contributed by atoms with van der Waals surface area (Å²) in [5, 5.41) is 3.47. The Labute approximate surface area is 125 Å². The molecule has 1 aliphatic rings. The number of likely N-dealkylation sites (N-methyl/N-ethyl adjacent to an activating group) is 1. The summed E-state index contributed by atoms with van der Waals surface area (Å²) in [6.07, 6.45) is 7.83. The first-order valence-electron chi connectivity index (χ1n) is 7.99. The predicted octanol–water partition coefficient (Wildman–Crippen LogP) is 2.05. The lowest BCUT2D eigenvalue weighted by molar-refractivity contribution is 0.0614. The van der Waals surface area contributed by atoms with Gasteiger partial charge in [0.2, 0.25) is 0 Å². The van der Waals surface area contributed by atoms with Gasteiger partial charge in [-0.1, -0.05) is 13.8 Å². The Hall–Kier alpha value is -0.130. The van der Waals surface area contributed by atoms with Crippen molar-refractivity contribution in [3.8, 4) is 0 Å². The quantitative estimate of drug-likeness (QED) is 0.708. The van der Waals surface area contributed by atoms with Crippen molar-refractivity contribution in [3.63, 3.8) is 0 Å². The van der Waals surface area contributed by atoms with Crippen molar-refractivity contribution in [2.24, 2.45) is 0 Å². The fraction of sp³-hybridized carbons (Fsp3) is 1.00. The summed E-state index contributed by atoms with van der Waals surface area (Å²) < 4.78 is 22.6. The van der Waals surface area contributed by atoms with Crippen LogP contribution in [0.15, 0.2) is 0 Å². The van der Waals surface area contributed by atoms with Gasteiger partial charge in [0, 0.05) is 23.6 Å². The van der Waals surface area contributed by atoms with Gasteiger partial charge < -0.3 is 5.32 Å². The molecule has 1 aliphatic heterocycles.